The molecule has 1 aliphatic heterocycles. The number of hydrogen-bond donors (Lipinski definition) is 2. The summed E-state index contributed by atoms with van der Waals surface area (Å²) in [5.74, 6) is 0.0210. The Morgan fingerprint density at radius 3 is 2.44 bits per heavy atom. The molecule has 1 saturated heterocycles. The quantitative estimate of drug-likeness (QED) is 0.299. The number of aliphatic hydroxyl groups excluding tert-OH is 1. The van der Waals surface area contributed by atoms with Crippen LogP contribution in [0.1, 0.15) is 71.7 Å². The van der Waals surface area contributed by atoms with Crippen molar-refractivity contribution in [2.24, 2.45) is 0 Å². The Hall–Kier alpha value is -2.05. The van der Waals surface area contributed by atoms with Crippen LogP contribution < -0.4 is 5.73 Å². The number of aliphatic hydroxyl groups is 1. The van der Waals surface area contributed by atoms with Crippen molar-refractivity contribution in [3.8, 4) is 0 Å². The van der Waals surface area contributed by atoms with E-state index < -0.39 is 20.6 Å². The minimum atomic E-state index is -2.22. The number of fused-ring (bicyclic) bond motifs is 2. The minimum Gasteiger partial charge on any atom is -0.410 e. The first-order valence-electron chi connectivity index (χ1n) is 14.0. The van der Waals surface area contributed by atoms with Gasteiger partial charge in [0.25, 0.3) is 0 Å². The van der Waals surface area contributed by atoms with E-state index in [4.69, 9.17) is 20.0 Å². The van der Waals surface area contributed by atoms with Crippen LogP contribution in [-0.2, 0) is 22.0 Å². The summed E-state index contributed by atoms with van der Waals surface area (Å²) in [4.78, 5) is 9.19. The second-order valence-corrected chi connectivity index (χ2v) is 18.2. The highest BCUT2D eigenvalue weighted by Crippen LogP contribution is 2.46. The van der Waals surface area contributed by atoms with Gasteiger partial charge in [0.05, 0.1) is 18.1 Å². The number of aryl methyl sites for hydroxylation is 2. The lowest BCUT2D eigenvalue weighted by Crippen LogP contribution is -2.51. The number of anilines is 1. The summed E-state index contributed by atoms with van der Waals surface area (Å²) in [6.07, 6.45) is 3.57. The number of aromatic nitrogens is 4. The van der Waals surface area contributed by atoms with Gasteiger partial charge in [0.1, 0.15) is 29.1 Å². The second kappa shape index (κ2) is 11.1. The van der Waals surface area contributed by atoms with Gasteiger partial charge in [-0.05, 0) is 59.1 Å². The number of nitrogens with zero attached hydrogens (tertiary/aromatic N) is 4. The molecule has 2 aromatic heterocycles. The first-order chi connectivity index (χ1) is 18.6. The molecule has 8 nitrogen and oxygen atoms in total. The molecule has 0 bridgehead atoms. The lowest BCUT2D eigenvalue weighted by molar-refractivity contribution is -0.0458. The van der Waals surface area contributed by atoms with Crippen LogP contribution in [0.5, 0.6) is 0 Å². The molecule has 1 aromatic carbocycles. The summed E-state index contributed by atoms with van der Waals surface area (Å²) < 4.78 is 30.2. The highest BCUT2D eigenvalue weighted by Gasteiger charge is 2.50. The number of halogens is 1. The maximum absolute atomic E-state index is 15.1. The topological polar surface area (TPSA) is 108 Å². The van der Waals surface area contributed by atoms with Gasteiger partial charge in [0, 0.05) is 11.3 Å². The third-order valence-electron chi connectivity index (χ3n) is 8.53. The van der Waals surface area contributed by atoms with Gasteiger partial charge >= 0.3 is 0 Å². The lowest BCUT2D eigenvalue weighted by atomic mass is 10.1. The van der Waals surface area contributed by atoms with Crippen molar-refractivity contribution in [2.75, 3.05) is 12.3 Å². The van der Waals surface area contributed by atoms with Crippen molar-refractivity contribution in [2.45, 2.75) is 112 Å². The Balaban J connectivity index is 1.49. The zero-order valence-electron chi connectivity index (χ0n) is 23.6. The van der Waals surface area contributed by atoms with Gasteiger partial charge < -0.3 is 20.0 Å². The van der Waals surface area contributed by atoms with Gasteiger partial charge in [-0.15, -0.1) is 0 Å². The third-order valence-corrected chi connectivity index (χ3v) is 15.7. The molecule has 2 aliphatic rings. The maximum Gasteiger partial charge on any atom is 0.200 e. The average molecular weight is 574 g/mol. The van der Waals surface area contributed by atoms with Crippen LogP contribution >= 0.6 is 11.8 Å². The fraction of sp³-hybridized carbons (Fsp3) is 0.607. The molecule has 11 heteroatoms. The van der Waals surface area contributed by atoms with Gasteiger partial charge in [0.2, 0.25) is 8.32 Å². The summed E-state index contributed by atoms with van der Waals surface area (Å²) >= 11 is 1.24. The number of nitrogen functional groups attached to an aromatic ring is 1. The standard InChI is InChI=1S/C28H40FN5O3SSi/c1-15(2)39(16(3)4,17(5)6)37-21-12-24(36-22(21)13-35)34-27-25(26(30)31-14-32-27)28(33-34)38-23-11-19-9-7-8-18(19)10-20(23)29/h10-11,14-17,21-22,24,35H,7-9,12-13H2,1-6H3,(H2,30,31,32)/t21-,22+,24+/m0/s1. The molecule has 0 radical (unpaired) electrons. The third kappa shape index (κ3) is 5.01. The first-order valence-corrected chi connectivity index (χ1v) is 16.9. The molecule has 0 amide bonds. The Morgan fingerprint density at radius 1 is 1.13 bits per heavy atom. The van der Waals surface area contributed by atoms with E-state index in [-0.39, 0.29) is 24.3 Å². The fourth-order valence-electron chi connectivity index (χ4n) is 6.80. The molecule has 3 atom stereocenters. The highest BCUT2D eigenvalue weighted by atomic mass is 32.2. The number of ether oxygens (including phenoxy) is 1. The van der Waals surface area contributed by atoms with Crippen molar-refractivity contribution >= 4 is 36.9 Å². The molecule has 0 saturated carbocycles. The summed E-state index contributed by atoms with van der Waals surface area (Å²) in [6.45, 7) is 13.3. The highest BCUT2D eigenvalue weighted by molar-refractivity contribution is 7.99. The van der Waals surface area contributed by atoms with Crippen LogP contribution in [0.4, 0.5) is 10.2 Å². The Bertz CT molecular complexity index is 1330. The monoisotopic (exact) mass is 573 g/mol. The zero-order valence-corrected chi connectivity index (χ0v) is 25.5. The minimum absolute atomic E-state index is 0.155. The molecule has 5 rings (SSSR count). The van der Waals surface area contributed by atoms with Crippen molar-refractivity contribution in [1.82, 2.24) is 19.7 Å². The van der Waals surface area contributed by atoms with Gasteiger partial charge in [-0.3, -0.25) is 0 Å². The Labute approximate surface area is 235 Å². The van der Waals surface area contributed by atoms with E-state index in [9.17, 15) is 5.11 Å². The number of hydrogen-bond acceptors (Lipinski definition) is 8. The van der Waals surface area contributed by atoms with E-state index in [0.29, 0.717) is 44.0 Å². The predicted molar refractivity (Wildman–Crippen MR) is 154 cm³/mol. The summed E-state index contributed by atoms with van der Waals surface area (Å²) in [7, 11) is -2.22. The van der Waals surface area contributed by atoms with Gasteiger partial charge in [-0.25, -0.2) is 19.0 Å². The van der Waals surface area contributed by atoms with Crippen LogP contribution in [0.25, 0.3) is 11.0 Å². The number of rotatable bonds is 9. The molecule has 0 spiro atoms. The molecule has 1 aliphatic carbocycles. The normalized spacial score (nSPS) is 21.7. The summed E-state index contributed by atoms with van der Waals surface area (Å²) in [5.41, 5.74) is 10.3. The van der Waals surface area contributed by atoms with Crippen LogP contribution in [0.2, 0.25) is 16.6 Å². The molecule has 0 unspecified atom stereocenters. The molecule has 39 heavy (non-hydrogen) atoms. The van der Waals surface area contributed by atoms with Crippen molar-refractivity contribution in [1.29, 1.82) is 0 Å². The van der Waals surface area contributed by atoms with E-state index in [0.717, 1.165) is 24.8 Å². The van der Waals surface area contributed by atoms with Crippen molar-refractivity contribution in [3.05, 3.63) is 35.4 Å². The molecule has 3 heterocycles. The zero-order chi connectivity index (χ0) is 28.1. The van der Waals surface area contributed by atoms with Gasteiger partial charge in [0.15, 0.2) is 11.9 Å². The molecular formula is C28H40FN5O3SSi. The van der Waals surface area contributed by atoms with E-state index in [1.54, 1.807) is 10.7 Å². The van der Waals surface area contributed by atoms with Crippen LogP contribution in [-0.4, -0.2) is 52.0 Å². The summed E-state index contributed by atoms with van der Waals surface area (Å²) in [6, 6.07) is 3.57. The van der Waals surface area contributed by atoms with E-state index in [1.807, 2.05) is 6.07 Å². The average Bonchev–Trinajstić information content (AvgIpc) is 3.59. The maximum atomic E-state index is 15.1. The molecule has 212 valence electrons. The lowest BCUT2D eigenvalue weighted by Gasteiger charge is -2.44. The van der Waals surface area contributed by atoms with Crippen molar-refractivity contribution in [3.63, 3.8) is 0 Å². The molecular weight excluding hydrogens is 533 g/mol. The second-order valence-electron chi connectivity index (χ2n) is 11.7. The molecule has 3 N–H and O–H groups in total. The van der Waals surface area contributed by atoms with E-state index in [1.165, 1.54) is 23.7 Å². The number of benzene rings is 1. The van der Waals surface area contributed by atoms with Gasteiger partial charge in [-0.1, -0.05) is 53.3 Å². The molecule has 3 aromatic rings. The van der Waals surface area contributed by atoms with Crippen LogP contribution in [0, 0.1) is 5.82 Å². The smallest absolute Gasteiger partial charge is 0.200 e. The van der Waals surface area contributed by atoms with E-state index >= 15 is 4.39 Å². The SMILES string of the molecule is CC(C)[Si](O[C@H]1C[C@H](n2nc(Sc3cc4c(cc3F)CCC4)c3c(N)ncnc32)O[C@@H]1CO)(C(C)C)C(C)C. The Morgan fingerprint density at radius 2 is 1.79 bits per heavy atom. The largest absolute Gasteiger partial charge is 0.410 e. The Kier molecular flexibility index (Phi) is 8.09. The van der Waals surface area contributed by atoms with Gasteiger partial charge in [-0.2, -0.15) is 5.10 Å². The predicted octanol–water partition coefficient (Wildman–Crippen LogP) is 6.03. The van der Waals surface area contributed by atoms with Crippen LogP contribution in [0.15, 0.2) is 28.4 Å². The van der Waals surface area contributed by atoms with Crippen molar-refractivity contribution < 1.29 is 18.7 Å². The number of nitrogens with two attached hydrogens (primary N) is 1. The first kappa shape index (κ1) is 28.5. The van der Waals surface area contributed by atoms with E-state index in [2.05, 4.69) is 51.5 Å². The van der Waals surface area contributed by atoms with Crippen LogP contribution in [0.3, 0.4) is 0 Å². The fourth-order valence-corrected chi connectivity index (χ4v) is 13.4. The summed E-state index contributed by atoms with van der Waals surface area (Å²) in [5, 5.41) is 16.2. The molecule has 1 fully saturated rings.